The van der Waals surface area contributed by atoms with Gasteiger partial charge >= 0.3 is 0 Å². The van der Waals surface area contributed by atoms with Crippen molar-refractivity contribution >= 4 is 11.6 Å². The van der Waals surface area contributed by atoms with E-state index in [-0.39, 0.29) is 11.7 Å². The summed E-state index contributed by atoms with van der Waals surface area (Å²) in [5.41, 5.74) is 1.25. The molecule has 0 spiro atoms. The Balaban J connectivity index is 1.76. The van der Waals surface area contributed by atoms with Crippen LogP contribution in [0.3, 0.4) is 0 Å². The van der Waals surface area contributed by atoms with Crippen molar-refractivity contribution in [1.82, 2.24) is 25.1 Å². The summed E-state index contributed by atoms with van der Waals surface area (Å²) < 4.78 is 20.1. The summed E-state index contributed by atoms with van der Waals surface area (Å²) in [6, 6.07) is 9.34. The number of ether oxygens (including phenoxy) is 1. The summed E-state index contributed by atoms with van der Waals surface area (Å²) in [6.45, 7) is 2.49. The maximum Gasteiger partial charge on any atom is 0.231 e. The van der Waals surface area contributed by atoms with Crippen molar-refractivity contribution in [3.63, 3.8) is 0 Å². The Kier molecular flexibility index (Phi) is 4.64. The molecule has 0 aliphatic rings. The highest BCUT2D eigenvalue weighted by atomic mass is 19.1. The van der Waals surface area contributed by atoms with E-state index in [4.69, 9.17) is 4.74 Å². The minimum absolute atomic E-state index is 0.0283. The first-order valence-electron chi connectivity index (χ1n) is 7.55. The monoisotopic (exact) mass is 329 g/mol. The maximum absolute atomic E-state index is 13.1. The number of amides is 1. The molecule has 0 fully saturated rings. The number of nitrogens with zero attached hydrogens (tertiary/aromatic N) is 4. The number of hydrogen-bond donors (Lipinski definition) is 1. The van der Waals surface area contributed by atoms with Gasteiger partial charge in [-0.15, -0.1) is 15.3 Å². The third kappa shape index (κ3) is 3.48. The molecule has 3 rings (SSSR count). The van der Waals surface area contributed by atoms with Crippen molar-refractivity contribution in [3.8, 4) is 17.3 Å². The summed E-state index contributed by atoms with van der Waals surface area (Å²) >= 11 is 0. The molecular formula is C16H16FN5O2. The summed E-state index contributed by atoms with van der Waals surface area (Å²) in [7, 11) is 0. The molecule has 124 valence electrons. The van der Waals surface area contributed by atoms with E-state index in [2.05, 4.69) is 20.6 Å². The minimum Gasteiger partial charge on any atom is -0.475 e. The van der Waals surface area contributed by atoms with Crippen molar-refractivity contribution in [2.24, 2.45) is 0 Å². The summed E-state index contributed by atoms with van der Waals surface area (Å²) in [5, 5.41) is 15.2. The van der Waals surface area contributed by atoms with Crippen LogP contribution in [-0.4, -0.2) is 38.9 Å². The van der Waals surface area contributed by atoms with E-state index in [1.165, 1.54) is 16.6 Å². The van der Waals surface area contributed by atoms with Gasteiger partial charge in [0.05, 0.1) is 6.54 Å². The fourth-order valence-corrected chi connectivity index (χ4v) is 2.10. The van der Waals surface area contributed by atoms with Gasteiger partial charge in [-0.2, -0.15) is 4.52 Å². The molecular weight excluding hydrogens is 313 g/mol. The number of nitrogens with one attached hydrogen (secondary N) is 1. The highest BCUT2D eigenvalue weighted by Crippen LogP contribution is 2.19. The Morgan fingerprint density at radius 3 is 2.75 bits per heavy atom. The smallest absolute Gasteiger partial charge is 0.231 e. The van der Waals surface area contributed by atoms with Gasteiger partial charge < -0.3 is 10.1 Å². The minimum atomic E-state index is -0.321. The second-order valence-corrected chi connectivity index (χ2v) is 5.02. The largest absolute Gasteiger partial charge is 0.475 e. The molecule has 1 amide bonds. The predicted octanol–water partition coefficient (Wildman–Crippen LogP) is 1.84. The van der Waals surface area contributed by atoms with Crippen LogP contribution in [0.1, 0.15) is 13.3 Å². The fraction of sp³-hybridized carbons (Fsp3) is 0.250. The van der Waals surface area contributed by atoms with Crippen LogP contribution in [0.2, 0.25) is 0 Å². The molecule has 7 nitrogen and oxygen atoms in total. The Hall–Kier alpha value is -3.03. The van der Waals surface area contributed by atoms with E-state index < -0.39 is 0 Å². The highest BCUT2D eigenvalue weighted by Gasteiger charge is 2.10. The summed E-state index contributed by atoms with van der Waals surface area (Å²) in [4.78, 5) is 11.2. The first kappa shape index (κ1) is 15.9. The van der Waals surface area contributed by atoms with Crippen LogP contribution in [0.5, 0.6) is 5.88 Å². The van der Waals surface area contributed by atoms with Crippen LogP contribution >= 0.6 is 0 Å². The van der Waals surface area contributed by atoms with Gasteiger partial charge in [-0.3, -0.25) is 4.79 Å². The lowest BCUT2D eigenvalue weighted by atomic mass is 10.2. The van der Waals surface area contributed by atoms with Crippen LogP contribution in [-0.2, 0) is 4.79 Å². The average Bonchev–Trinajstić information content (AvgIpc) is 3.02. The lowest BCUT2D eigenvalue weighted by Gasteiger charge is -2.07. The van der Waals surface area contributed by atoms with Crippen molar-refractivity contribution in [3.05, 3.63) is 42.2 Å². The number of carbonyl (C=O) groups excluding carboxylic acids is 1. The van der Waals surface area contributed by atoms with E-state index in [9.17, 15) is 9.18 Å². The van der Waals surface area contributed by atoms with E-state index in [0.29, 0.717) is 42.5 Å². The zero-order valence-corrected chi connectivity index (χ0v) is 13.1. The molecule has 0 saturated heterocycles. The summed E-state index contributed by atoms with van der Waals surface area (Å²) in [5.74, 6) is 0.532. The number of rotatable bonds is 6. The van der Waals surface area contributed by atoms with Gasteiger partial charge in [0, 0.05) is 18.1 Å². The number of aromatic nitrogens is 4. The van der Waals surface area contributed by atoms with Crippen LogP contribution in [0.25, 0.3) is 17.0 Å². The first-order chi connectivity index (χ1) is 11.7. The third-order valence-corrected chi connectivity index (χ3v) is 3.34. The van der Waals surface area contributed by atoms with Crippen molar-refractivity contribution in [2.45, 2.75) is 13.3 Å². The van der Waals surface area contributed by atoms with Gasteiger partial charge in [-0.05, 0) is 30.3 Å². The van der Waals surface area contributed by atoms with Gasteiger partial charge in [0.25, 0.3) is 0 Å². The second-order valence-electron chi connectivity index (χ2n) is 5.02. The molecule has 0 bridgehead atoms. The molecule has 1 N–H and O–H groups in total. The molecule has 2 aromatic heterocycles. The SMILES string of the molecule is CCC(=O)NCCOc1ccc2nnc(-c3ccc(F)cc3)n2n1. The molecule has 0 atom stereocenters. The Morgan fingerprint density at radius 2 is 2.00 bits per heavy atom. The van der Waals surface area contributed by atoms with Crippen LogP contribution in [0.15, 0.2) is 36.4 Å². The van der Waals surface area contributed by atoms with Crippen molar-refractivity contribution in [2.75, 3.05) is 13.2 Å². The lowest BCUT2D eigenvalue weighted by Crippen LogP contribution is -2.27. The topological polar surface area (TPSA) is 81.4 Å². The Bertz CT molecular complexity index is 847. The molecule has 0 radical (unpaired) electrons. The van der Waals surface area contributed by atoms with Crippen LogP contribution in [0.4, 0.5) is 4.39 Å². The van der Waals surface area contributed by atoms with Gasteiger partial charge in [0.1, 0.15) is 12.4 Å². The summed E-state index contributed by atoms with van der Waals surface area (Å²) in [6.07, 6.45) is 0.436. The quantitative estimate of drug-likeness (QED) is 0.698. The number of fused-ring (bicyclic) bond motifs is 1. The van der Waals surface area contributed by atoms with Crippen molar-refractivity contribution < 1.29 is 13.9 Å². The number of carbonyl (C=O) groups is 1. The van der Waals surface area contributed by atoms with Gasteiger partial charge in [0.2, 0.25) is 11.8 Å². The van der Waals surface area contributed by atoms with E-state index >= 15 is 0 Å². The molecule has 2 heterocycles. The van der Waals surface area contributed by atoms with E-state index in [0.717, 1.165) is 0 Å². The molecule has 24 heavy (non-hydrogen) atoms. The molecule has 3 aromatic rings. The number of halogens is 1. The molecule has 1 aromatic carbocycles. The fourth-order valence-electron chi connectivity index (χ4n) is 2.10. The van der Waals surface area contributed by atoms with E-state index in [1.807, 2.05) is 0 Å². The molecule has 0 unspecified atom stereocenters. The number of hydrogen-bond acceptors (Lipinski definition) is 5. The van der Waals surface area contributed by atoms with Crippen LogP contribution < -0.4 is 10.1 Å². The zero-order valence-electron chi connectivity index (χ0n) is 13.1. The Morgan fingerprint density at radius 1 is 1.21 bits per heavy atom. The van der Waals surface area contributed by atoms with E-state index in [1.54, 1.807) is 31.2 Å². The maximum atomic E-state index is 13.1. The zero-order chi connectivity index (χ0) is 16.9. The van der Waals surface area contributed by atoms with Gasteiger partial charge in [0.15, 0.2) is 11.5 Å². The Labute approximate surface area is 137 Å². The van der Waals surface area contributed by atoms with Crippen LogP contribution in [0, 0.1) is 5.82 Å². The molecule has 0 aliphatic carbocycles. The highest BCUT2D eigenvalue weighted by molar-refractivity contribution is 5.75. The first-order valence-corrected chi connectivity index (χ1v) is 7.55. The second kappa shape index (κ2) is 7.03. The average molecular weight is 329 g/mol. The molecule has 8 heteroatoms. The normalized spacial score (nSPS) is 10.8. The number of benzene rings is 1. The van der Waals surface area contributed by atoms with Gasteiger partial charge in [-0.1, -0.05) is 6.92 Å². The van der Waals surface area contributed by atoms with Crippen molar-refractivity contribution in [1.29, 1.82) is 0 Å². The molecule has 0 aliphatic heterocycles. The van der Waals surface area contributed by atoms with Gasteiger partial charge in [-0.25, -0.2) is 4.39 Å². The molecule has 0 saturated carbocycles. The lowest BCUT2D eigenvalue weighted by molar-refractivity contribution is -0.120. The third-order valence-electron chi connectivity index (χ3n) is 3.34. The predicted molar refractivity (Wildman–Crippen MR) is 85.0 cm³/mol. The standard InChI is InChI=1S/C16H16FN5O2/c1-2-14(23)18-9-10-24-15-8-7-13-19-20-16(22(13)21-15)11-3-5-12(17)6-4-11/h3-8H,2,9-10H2,1H3,(H,18,23).